The molecule has 12 nitrogen and oxygen atoms in total. The monoisotopic (exact) mass is 624 g/mol. The Morgan fingerprint density at radius 1 is 0.778 bits per heavy atom. The number of hydrogen-bond donors (Lipinski definition) is 4. The van der Waals surface area contributed by atoms with Gasteiger partial charge < -0.3 is 31.2 Å². The van der Waals surface area contributed by atoms with Gasteiger partial charge in [-0.25, -0.2) is 9.59 Å². The number of ether oxygens (including phenoxy) is 2. The largest absolute Gasteiger partial charge is 0.456 e. The van der Waals surface area contributed by atoms with Gasteiger partial charge >= 0.3 is 12.1 Å². The third kappa shape index (κ3) is 13.2. The number of primary amides is 1. The molecule has 0 aliphatic heterocycles. The fourth-order valence-corrected chi connectivity index (χ4v) is 4.31. The molecule has 0 saturated carbocycles. The van der Waals surface area contributed by atoms with E-state index < -0.39 is 60.3 Å². The van der Waals surface area contributed by atoms with Crippen LogP contribution in [0.15, 0.2) is 60.7 Å². The number of hydrogen-bond acceptors (Lipinski definition) is 8. The van der Waals surface area contributed by atoms with Crippen LogP contribution in [-0.4, -0.2) is 60.3 Å². The zero-order valence-corrected chi connectivity index (χ0v) is 26.2. The molecule has 0 aromatic heterocycles. The number of amides is 4. The molecule has 5 N–H and O–H groups in total. The first-order valence-electron chi connectivity index (χ1n) is 15.0. The van der Waals surface area contributed by atoms with E-state index in [1.54, 1.807) is 61.5 Å². The fourth-order valence-electron chi connectivity index (χ4n) is 4.31. The van der Waals surface area contributed by atoms with Gasteiger partial charge in [-0.1, -0.05) is 94.8 Å². The van der Waals surface area contributed by atoms with E-state index in [9.17, 15) is 28.8 Å². The third-order valence-corrected chi connectivity index (χ3v) is 7.04. The second kappa shape index (κ2) is 18.8. The minimum absolute atomic E-state index is 0.00452. The smallest absolute Gasteiger partial charge is 0.408 e. The van der Waals surface area contributed by atoms with Gasteiger partial charge in [0.2, 0.25) is 17.7 Å². The Hall–Kier alpha value is -4.74. The summed E-state index contributed by atoms with van der Waals surface area (Å²) in [6, 6.07) is 13.9. The summed E-state index contributed by atoms with van der Waals surface area (Å²) in [6.07, 6.45) is -0.509. The van der Waals surface area contributed by atoms with Gasteiger partial charge in [0.15, 0.2) is 12.4 Å². The zero-order chi connectivity index (χ0) is 33.4. The van der Waals surface area contributed by atoms with Crippen LogP contribution in [0.5, 0.6) is 0 Å². The lowest BCUT2D eigenvalue weighted by molar-refractivity contribution is -0.147. The van der Waals surface area contributed by atoms with Crippen molar-refractivity contribution in [3.05, 3.63) is 71.8 Å². The van der Waals surface area contributed by atoms with Crippen molar-refractivity contribution < 1.29 is 38.2 Å². The van der Waals surface area contributed by atoms with Crippen molar-refractivity contribution in [2.45, 2.75) is 78.1 Å². The zero-order valence-electron chi connectivity index (χ0n) is 26.2. The van der Waals surface area contributed by atoms with Crippen LogP contribution in [0.4, 0.5) is 4.79 Å². The first kappa shape index (κ1) is 36.5. The molecule has 0 radical (unpaired) electrons. The van der Waals surface area contributed by atoms with E-state index in [1.165, 1.54) is 0 Å². The number of nitrogens with two attached hydrogens (primary N) is 1. The standard InChI is InChI=1S/C33H44N4O8/c1-5-22(4)29(37-33(43)45-19-23-12-8-6-9-13-23)31(41)35-25(16-17-28(34)39)30(40)36-26(18-21(2)3)32(42)44-20-27(38)24-14-10-7-11-15-24/h6-15,21-22,25-26,29H,5,16-20H2,1-4H3,(H2,34,39)(H,35,41)(H,36,40)(H,37,43)/t22-,25-,26-,29+/m1/s1. The van der Waals surface area contributed by atoms with Gasteiger partial charge in [0.05, 0.1) is 0 Å². The normalized spacial score (nSPS) is 13.4. The van der Waals surface area contributed by atoms with Gasteiger partial charge in [-0.15, -0.1) is 0 Å². The summed E-state index contributed by atoms with van der Waals surface area (Å²) in [5, 5.41) is 7.77. The van der Waals surface area contributed by atoms with Crippen LogP contribution in [-0.2, 0) is 35.3 Å². The Morgan fingerprint density at radius 2 is 1.38 bits per heavy atom. The maximum atomic E-state index is 13.4. The number of nitrogens with one attached hydrogen (secondary N) is 3. The lowest BCUT2D eigenvalue weighted by Crippen LogP contribution is -2.57. The molecule has 45 heavy (non-hydrogen) atoms. The number of carbonyl (C=O) groups excluding carboxylic acids is 6. The highest BCUT2D eigenvalue weighted by molar-refractivity contribution is 5.98. The summed E-state index contributed by atoms with van der Waals surface area (Å²) < 4.78 is 10.5. The molecule has 4 atom stereocenters. The molecule has 4 amide bonds. The van der Waals surface area contributed by atoms with Crippen LogP contribution in [0.3, 0.4) is 0 Å². The Morgan fingerprint density at radius 3 is 1.96 bits per heavy atom. The van der Waals surface area contributed by atoms with E-state index in [0.29, 0.717) is 12.0 Å². The first-order chi connectivity index (χ1) is 21.4. The predicted molar refractivity (Wildman–Crippen MR) is 166 cm³/mol. The van der Waals surface area contributed by atoms with E-state index in [2.05, 4.69) is 16.0 Å². The molecule has 0 unspecified atom stereocenters. The second-order valence-corrected chi connectivity index (χ2v) is 11.2. The maximum Gasteiger partial charge on any atom is 0.408 e. The highest BCUT2D eigenvalue weighted by atomic mass is 16.5. The Kier molecular flexibility index (Phi) is 15.2. The number of benzene rings is 2. The highest BCUT2D eigenvalue weighted by Crippen LogP contribution is 2.12. The van der Waals surface area contributed by atoms with Gasteiger partial charge in [0.25, 0.3) is 0 Å². The molecule has 12 heteroatoms. The lowest BCUT2D eigenvalue weighted by atomic mass is 9.97. The topological polar surface area (TPSA) is 183 Å². The van der Waals surface area contributed by atoms with Gasteiger partial charge in [-0.05, 0) is 30.2 Å². The number of esters is 1. The van der Waals surface area contributed by atoms with E-state index in [0.717, 1.165) is 5.56 Å². The van der Waals surface area contributed by atoms with Crippen molar-refractivity contribution >= 4 is 35.6 Å². The van der Waals surface area contributed by atoms with Gasteiger partial charge in [-0.2, -0.15) is 0 Å². The number of ketones is 1. The van der Waals surface area contributed by atoms with Crippen LogP contribution in [0.25, 0.3) is 0 Å². The molecule has 0 bridgehead atoms. The van der Waals surface area contributed by atoms with Crippen molar-refractivity contribution in [3.63, 3.8) is 0 Å². The fraction of sp³-hybridized carbons (Fsp3) is 0.455. The van der Waals surface area contributed by atoms with Crippen LogP contribution in [0.1, 0.15) is 69.3 Å². The van der Waals surface area contributed by atoms with E-state index >= 15 is 0 Å². The first-order valence-corrected chi connectivity index (χ1v) is 15.0. The highest BCUT2D eigenvalue weighted by Gasteiger charge is 2.33. The van der Waals surface area contributed by atoms with Crippen LogP contribution >= 0.6 is 0 Å². The van der Waals surface area contributed by atoms with Crippen molar-refractivity contribution in [2.75, 3.05) is 6.61 Å². The SMILES string of the molecule is CC[C@@H](C)[C@H](NC(=O)OCc1ccccc1)C(=O)N[C@H](CCC(N)=O)C(=O)N[C@H](CC(C)C)C(=O)OCC(=O)c1ccccc1. The summed E-state index contributed by atoms with van der Waals surface area (Å²) in [7, 11) is 0. The molecular formula is C33H44N4O8. The van der Waals surface area contributed by atoms with Gasteiger partial charge in [0, 0.05) is 12.0 Å². The summed E-state index contributed by atoms with van der Waals surface area (Å²) in [4.78, 5) is 76.4. The minimum Gasteiger partial charge on any atom is -0.456 e. The third-order valence-electron chi connectivity index (χ3n) is 7.04. The number of alkyl carbamates (subject to hydrolysis) is 1. The number of rotatable bonds is 18. The van der Waals surface area contributed by atoms with E-state index in [1.807, 2.05) is 26.8 Å². The molecule has 2 aromatic rings. The average Bonchev–Trinajstić information content (AvgIpc) is 3.02. The average molecular weight is 625 g/mol. The van der Waals surface area contributed by atoms with E-state index in [4.69, 9.17) is 15.2 Å². The lowest BCUT2D eigenvalue weighted by Gasteiger charge is -2.27. The molecule has 0 fully saturated rings. The molecule has 244 valence electrons. The minimum atomic E-state index is -1.27. The molecule has 0 saturated heterocycles. The quantitative estimate of drug-likeness (QED) is 0.144. The summed E-state index contributed by atoms with van der Waals surface area (Å²) in [5.74, 6) is -3.75. The number of carbonyl (C=O) groups is 6. The molecular weight excluding hydrogens is 580 g/mol. The molecule has 0 spiro atoms. The van der Waals surface area contributed by atoms with Crippen LogP contribution in [0, 0.1) is 11.8 Å². The maximum absolute atomic E-state index is 13.4. The summed E-state index contributed by atoms with van der Waals surface area (Å²) in [6.45, 7) is 6.75. The second-order valence-electron chi connectivity index (χ2n) is 11.2. The van der Waals surface area contributed by atoms with Gasteiger partial charge in [0.1, 0.15) is 24.7 Å². The van der Waals surface area contributed by atoms with Crippen LogP contribution in [0.2, 0.25) is 0 Å². The molecule has 0 aliphatic carbocycles. The van der Waals surface area contributed by atoms with Crippen molar-refractivity contribution in [1.82, 2.24) is 16.0 Å². The van der Waals surface area contributed by atoms with Gasteiger partial charge in [-0.3, -0.25) is 19.2 Å². The van der Waals surface area contributed by atoms with E-state index in [-0.39, 0.29) is 37.7 Å². The predicted octanol–water partition coefficient (Wildman–Crippen LogP) is 3.03. The Labute approximate surface area is 263 Å². The molecule has 0 aliphatic rings. The Bertz CT molecular complexity index is 1290. The summed E-state index contributed by atoms with van der Waals surface area (Å²) in [5.41, 5.74) is 6.45. The molecule has 2 aromatic carbocycles. The van der Waals surface area contributed by atoms with Crippen LogP contribution < -0.4 is 21.7 Å². The molecule has 0 heterocycles. The number of Topliss-reactive ketones (excluding diaryl/α,β-unsaturated/α-hetero) is 1. The molecule has 2 rings (SSSR count). The van der Waals surface area contributed by atoms with Crippen molar-refractivity contribution in [2.24, 2.45) is 17.6 Å². The van der Waals surface area contributed by atoms with Crippen molar-refractivity contribution in [1.29, 1.82) is 0 Å². The summed E-state index contributed by atoms with van der Waals surface area (Å²) >= 11 is 0. The Balaban J connectivity index is 2.13. The van der Waals surface area contributed by atoms with Crippen molar-refractivity contribution in [3.8, 4) is 0 Å².